The Hall–Kier alpha value is -1.75. The van der Waals surface area contributed by atoms with Gasteiger partial charge in [0.15, 0.2) is 6.29 Å². The standard InChI is InChI=1S/C12H17N3O2/c1-3-17-5-4-14-12-11(8-16)6-10(7-15-12)9(2)13/h6-8,13H,3-5H2,1-2H3,(H,14,15). The van der Waals surface area contributed by atoms with Gasteiger partial charge in [-0.1, -0.05) is 0 Å². The van der Waals surface area contributed by atoms with Gasteiger partial charge in [-0.2, -0.15) is 0 Å². The molecular formula is C12H17N3O2. The van der Waals surface area contributed by atoms with Gasteiger partial charge < -0.3 is 15.5 Å². The van der Waals surface area contributed by atoms with Gasteiger partial charge >= 0.3 is 0 Å². The van der Waals surface area contributed by atoms with Crippen LogP contribution in [0, 0.1) is 5.41 Å². The average molecular weight is 235 g/mol. The molecule has 0 aliphatic carbocycles. The largest absolute Gasteiger partial charge is 0.380 e. The van der Waals surface area contributed by atoms with Crippen molar-refractivity contribution >= 4 is 17.8 Å². The molecule has 0 aromatic carbocycles. The summed E-state index contributed by atoms with van der Waals surface area (Å²) in [5.41, 5.74) is 1.51. The first-order chi connectivity index (χ1) is 8.19. The molecule has 92 valence electrons. The Morgan fingerprint density at radius 3 is 3.00 bits per heavy atom. The number of anilines is 1. The molecule has 1 heterocycles. The van der Waals surface area contributed by atoms with E-state index < -0.39 is 0 Å². The van der Waals surface area contributed by atoms with Gasteiger partial charge in [0.2, 0.25) is 0 Å². The van der Waals surface area contributed by atoms with Crippen molar-refractivity contribution in [2.75, 3.05) is 25.1 Å². The van der Waals surface area contributed by atoms with E-state index in [4.69, 9.17) is 10.1 Å². The Morgan fingerprint density at radius 1 is 1.65 bits per heavy atom. The van der Waals surface area contributed by atoms with E-state index in [9.17, 15) is 4.79 Å². The molecule has 1 aromatic heterocycles. The average Bonchev–Trinajstić information content (AvgIpc) is 2.34. The Balaban J connectivity index is 2.71. The van der Waals surface area contributed by atoms with Gasteiger partial charge in [0.1, 0.15) is 5.82 Å². The molecule has 0 radical (unpaired) electrons. The van der Waals surface area contributed by atoms with Gasteiger partial charge in [-0.05, 0) is 19.9 Å². The molecule has 0 atom stereocenters. The van der Waals surface area contributed by atoms with Crippen LogP contribution in [0.4, 0.5) is 5.82 Å². The van der Waals surface area contributed by atoms with Crippen molar-refractivity contribution in [3.05, 3.63) is 23.4 Å². The molecule has 5 heteroatoms. The highest BCUT2D eigenvalue weighted by Gasteiger charge is 2.05. The molecule has 1 aromatic rings. The van der Waals surface area contributed by atoms with E-state index in [2.05, 4.69) is 10.3 Å². The molecule has 17 heavy (non-hydrogen) atoms. The van der Waals surface area contributed by atoms with Gasteiger partial charge in [-0.3, -0.25) is 4.79 Å². The maximum absolute atomic E-state index is 10.9. The zero-order valence-corrected chi connectivity index (χ0v) is 10.1. The summed E-state index contributed by atoms with van der Waals surface area (Å²) in [4.78, 5) is 15.0. The Bertz CT molecular complexity index is 405. The van der Waals surface area contributed by atoms with Crippen LogP contribution in [0.15, 0.2) is 12.3 Å². The zero-order valence-electron chi connectivity index (χ0n) is 10.1. The van der Waals surface area contributed by atoms with E-state index in [1.165, 1.54) is 0 Å². The molecule has 2 N–H and O–H groups in total. The molecule has 0 spiro atoms. The highest BCUT2D eigenvalue weighted by atomic mass is 16.5. The van der Waals surface area contributed by atoms with Gasteiger partial charge in [-0.15, -0.1) is 0 Å². The molecule has 0 bridgehead atoms. The van der Waals surface area contributed by atoms with Crippen LogP contribution in [0.3, 0.4) is 0 Å². The molecule has 0 aliphatic rings. The van der Waals surface area contributed by atoms with E-state index >= 15 is 0 Å². The maximum atomic E-state index is 10.9. The van der Waals surface area contributed by atoms with E-state index in [0.717, 1.165) is 6.29 Å². The summed E-state index contributed by atoms with van der Waals surface area (Å²) in [5, 5.41) is 10.5. The lowest BCUT2D eigenvalue weighted by atomic mass is 10.1. The summed E-state index contributed by atoms with van der Waals surface area (Å²) in [6.45, 7) is 5.43. The number of carbonyl (C=O) groups is 1. The van der Waals surface area contributed by atoms with Crippen molar-refractivity contribution in [2.45, 2.75) is 13.8 Å². The number of hydrogen-bond acceptors (Lipinski definition) is 5. The van der Waals surface area contributed by atoms with Crippen LogP contribution in [-0.2, 0) is 4.74 Å². The molecule has 0 saturated heterocycles. The summed E-state index contributed by atoms with van der Waals surface area (Å²) in [5.74, 6) is 0.532. The summed E-state index contributed by atoms with van der Waals surface area (Å²) < 4.78 is 5.18. The zero-order chi connectivity index (χ0) is 12.7. The number of nitrogens with zero attached hydrogens (tertiary/aromatic N) is 1. The third kappa shape index (κ3) is 3.96. The molecule has 0 unspecified atom stereocenters. The minimum absolute atomic E-state index is 0.390. The fourth-order valence-electron chi connectivity index (χ4n) is 1.31. The van der Waals surface area contributed by atoms with Crippen LogP contribution >= 0.6 is 0 Å². The highest BCUT2D eigenvalue weighted by molar-refractivity contribution is 5.98. The molecule has 0 saturated carbocycles. The molecule has 0 amide bonds. The third-order valence-corrected chi connectivity index (χ3v) is 2.22. The van der Waals surface area contributed by atoms with E-state index in [-0.39, 0.29) is 0 Å². The normalized spacial score (nSPS) is 10.0. The molecule has 1 rings (SSSR count). The van der Waals surface area contributed by atoms with E-state index in [1.54, 1.807) is 19.2 Å². The van der Waals surface area contributed by atoms with Crippen LogP contribution in [0.1, 0.15) is 29.8 Å². The molecule has 0 fully saturated rings. The molecule has 0 aliphatic heterocycles. The summed E-state index contributed by atoms with van der Waals surface area (Å²) in [7, 11) is 0. The minimum Gasteiger partial charge on any atom is -0.380 e. The van der Waals surface area contributed by atoms with Crippen molar-refractivity contribution in [1.82, 2.24) is 4.98 Å². The van der Waals surface area contributed by atoms with Crippen LogP contribution in [-0.4, -0.2) is 36.7 Å². The summed E-state index contributed by atoms with van der Waals surface area (Å²) in [6, 6.07) is 1.66. The first-order valence-electron chi connectivity index (χ1n) is 5.51. The SMILES string of the molecule is CCOCCNc1ncc(C(C)=N)cc1C=O. The van der Waals surface area contributed by atoms with Crippen molar-refractivity contribution in [1.29, 1.82) is 5.41 Å². The minimum atomic E-state index is 0.390. The van der Waals surface area contributed by atoms with Crippen molar-refractivity contribution in [2.24, 2.45) is 0 Å². The fraction of sp³-hybridized carbons (Fsp3) is 0.417. The second kappa shape index (κ2) is 6.75. The summed E-state index contributed by atoms with van der Waals surface area (Å²) in [6.07, 6.45) is 2.32. The third-order valence-electron chi connectivity index (χ3n) is 2.22. The number of aromatic nitrogens is 1. The fourth-order valence-corrected chi connectivity index (χ4v) is 1.31. The monoisotopic (exact) mass is 235 g/mol. The van der Waals surface area contributed by atoms with Crippen LogP contribution in [0.2, 0.25) is 0 Å². The number of hydrogen-bond donors (Lipinski definition) is 2. The predicted molar refractivity (Wildman–Crippen MR) is 67.1 cm³/mol. The Morgan fingerprint density at radius 2 is 2.41 bits per heavy atom. The summed E-state index contributed by atoms with van der Waals surface area (Å²) >= 11 is 0. The first kappa shape index (κ1) is 13.3. The topological polar surface area (TPSA) is 75.1 Å². The number of pyridine rings is 1. The van der Waals surface area contributed by atoms with Crippen molar-refractivity contribution in [3.63, 3.8) is 0 Å². The number of aldehydes is 1. The number of carbonyl (C=O) groups excluding carboxylic acids is 1. The van der Waals surface area contributed by atoms with E-state index in [0.29, 0.717) is 42.4 Å². The quantitative estimate of drug-likeness (QED) is 0.429. The highest BCUT2D eigenvalue weighted by Crippen LogP contribution is 2.12. The maximum Gasteiger partial charge on any atom is 0.153 e. The van der Waals surface area contributed by atoms with Gasteiger partial charge in [0, 0.05) is 30.6 Å². The molecule has 5 nitrogen and oxygen atoms in total. The number of nitrogens with one attached hydrogen (secondary N) is 2. The number of rotatable bonds is 7. The lowest BCUT2D eigenvalue weighted by molar-refractivity contribution is 0.112. The molecular weight excluding hydrogens is 218 g/mol. The lowest BCUT2D eigenvalue weighted by Gasteiger charge is -2.08. The van der Waals surface area contributed by atoms with Crippen LogP contribution in [0.5, 0.6) is 0 Å². The lowest BCUT2D eigenvalue weighted by Crippen LogP contribution is -2.12. The van der Waals surface area contributed by atoms with Crippen molar-refractivity contribution in [3.8, 4) is 0 Å². The van der Waals surface area contributed by atoms with Crippen LogP contribution in [0.25, 0.3) is 0 Å². The Kier molecular flexibility index (Phi) is 5.29. The van der Waals surface area contributed by atoms with Crippen LogP contribution < -0.4 is 5.32 Å². The predicted octanol–water partition coefficient (Wildman–Crippen LogP) is 1.73. The van der Waals surface area contributed by atoms with Gasteiger partial charge in [-0.25, -0.2) is 4.98 Å². The smallest absolute Gasteiger partial charge is 0.153 e. The second-order valence-electron chi connectivity index (χ2n) is 3.53. The first-order valence-corrected chi connectivity index (χ1v) is 5.51. The number of ether oxygens (including phenoxy) is 1. The second-order valence-corrected chi connectivity index (χ2v) is 3.53. The van der Waals surface area contributed by atoms with E-state index in [1.807, 2.05) is 6.92 Å². The van der Waals surface area contributed by atoms with Gasteiger partial charge in [0.25, 0.3) is 0 Å². The van der Waals surface area contributed by atoms with Crippen molar-refractivity contribution < 1.29 is 9.53 Å². The van der Waals surface area contributed by atoms with Gasteiger partial charge in [0.05, 0.1) is 12.2 Å². The Labute approximate surface area is 101 Å².